The minimum Gasteiger partial charge on any atom is -0.497 e. The van der Waals surface area contributed by atoms with Crippen LogP contribution >= 0.6 is 11.3 Å². The number of rotatable bonds is 3. The average molecular weight is 219 g/mol. The third-order valence-electron chi connectivity index (χ3n) is 2.21. The van der Waals surface area contributed by atoms with Crippen molar-refractivity contribution in [2.24, 2.45) is 0 Å². The van der Waals surface area contributed by atoms with Crippen LogP contribution in [0.5, 0.6) is 5.75 Å². The maximum absolute atomic E-state index is 5.67. The van der Waals surface area contributed by atoms with E-state index in [9.17, 15) is 0 Å². The molecule has 0 bridgehead atoms. The molecule has 15 heavy (non-hydrogen) atoms. The second-order valence-electron chi connectivity index (χ2n) is 3.37. The van der Waals surface area contributed by atoms with Gasteiger partial charge in [0.1, 0.15) is 5.75 Å². The molecule has 78 valence electrons. The van der Waals surface area contributed by atoms with Gasteiger partial charge in [0.2, 0.25) is 0 Å². The summed E-state index contributed by atoms with van der Waals surface area (Å²) >= 11 is 1.70. The number of hydrogen-bond donors (Lipinski definition) is 1. The highest BCUT2D eigenvalue weighted by Gasteiger charge is 1.99. The number of anilines is 1. The molecule has 0 spiro atoms. The van der Waals surface area contributed by atoms with Crippen LogP contribution in [0.2, 0.25) is 0 Å². The molecule has 1 heterocycles. The smallest absolute Gasteiger partial charge is 0.118 e. The van der Waals surface area contributed by atoms with Crippen molar-refractivity contribution >= 4 is 17.0 Å². The Morgan fingerprint density at radius 3 is 2.53 bits per heavy atom. The molecule has 0 saturated heterocycles. The van der Waals surface area contributed by atoms with E-state index in [2.05, 4.69) is 12.1 Å². The molecular weight excluding hydrogens is 206 g/mol. The van der Waals surface area contributed by atoms with E-state index in [4.69, 9.17) is 10.5 Å². The first-order valence-corrected chi connectivity index (χ1v) is 5.62. The van der Waals surface area contributed by atoms with Crippen LogP contribution in [-0.2, 0) is 6.42 Å². The lowest BCUT2D eigenvalue weighted by atomic mass is 10.1. The molecule has 0 unspecified atom stereocenters. The van der Waals surface area contributed by atoms with Crippen molar-refractivity contribution in [3.63, 3.8) is 0 Å². The molecule has 0 amide bonds. The lowest BCUT2D eigenvalue weighted by Gasteiger charge is -2.01. The van der Waals surface area contributed by atoms with Crippen LogP contribution in [0.4, 0.5) is 5.69 Å². The minimum atomic E-state index is 0.850. The Labute approximate surface area is 93.3 Å². The Balaban J connectivity index is 2.11. The molecule has 0 aliphatic carbocycles. The summed E-state index contributed by atoms with van der Waals surface area (Å²) in [6.45, 7) is 0. The summed E-state index contributed by atoms with van der Waals surface area (Å²) in [7, 11) is 1.68. The van der Waals surface area contributed by atoms with E-state index in [1.165, 1.54) is 10.4 Å². The third-order valence-corrected chi connectivity index (χ3v) is 3.17. The first kappa shape index (κ1) is 10.1. The fourth-order valence-electron chi connectivity index (χ4n) is 1.43. The molecule has 0 radical (unpaired) electrons. The van der Waals surface area contributed by atoms with Crippen LogP contribution in [0.25, 0.3) is 0 Å². The van der Waals surface area contributed by atoms with Gasteiger partial charge >= 0.3 is 0 Å². The van der Waals surface area contributed by atoms with Crippen molar-refractivity contribution in [3.8, 4) is 5.75 Å². The van der Waals surface area contributed by atoms with Gasteiger partial charge in [0.25, 0.3) is 0 Å². The molecule has 1 aromatic heterocycles. The van der Waals surface area contributed by atoms with Crippen molar-refractivity contribution in [3.05, 3.63) is 46.2 Å². The predicted octanol–water partition coefficient (Wildman–Crippen LogP) is 2.93. The summed E-state index contributed by atoms with van der Waals surface area (Å²) in [5.41, 5.74) is 7.79. The molecule has 0 aliphatic rings. The summed E-state index contributed by atoms with van der Waals surface area (Å²) < 4.78 is 5.11. The number of methoxy groups -OCH3 is 1. The fourth-order valence-corrected chi connectivity index (χ4v) is 2.24. The molecule has 2 rings (SSSR count). The van der Waals surface area contributed by atoms with E-state index in [-0.39, 0.29) is 0 Å². The molecule has 0 fully saturated rings. The quantitative estimate of drug-likeness (QED) is 0.861. The highest BCUT2D eigenvalue weighted by molar-refractivity contribution is 7.10. The average Bonchev–Trinajstić information content (AvgIpc) is 2.65. The molecule has 1 aromatic carbocycles. The van der Waals surface area contributed by atoms with E-state index >= 15 is 0 Å². The Bertz CT molecular complexity index is 433. The zero-order valence-electron chi connectivity index (χ0n) is 8.57. The van der Waals surface area contributed by atoms with E-state index in [1.54, 1.807) is 18.4 Å². The molecule has 3 heteroatoms. The highest BCUT2D eigenvalue weighted by Crippen LogP contribution is 2.21. The molecule has 0 saturated carbocycles. The van der Waals surface area contributed by atoms with E-state index in [1.807, 2.05) is 23.6 Å². The number of nitrogens with two attached hydrogens (primary N) is 1. The molecule has 2 aromatic rings. The zero-order chi connectivity index (χ0) is 10.7. The Hall–Kier alpha value is -1.48. The highest BCUT2D eigenvalue weighted by atomic mass is 32.1. The van der Waals surface area contributed by atoms with Crippen LogP contribution in [0.3, 0.4) is 0 Å². The zero-order valence-corrected chi connectivity index (χ0v) is 9.38. The Kier molecular flexibility index (Phi) is 2.92. The Morgan fingerprint density at radius 2 is 2.00 bits per heavy atom. The Morgan fingerprint density at radius 1 is 1.27 bits per heavy atom. The lowest BCUT2D eigenvalue weighted by molar-refractivity contribution is 0.414. The number of thiophene rings is 1. The van der Waals surface area contributed by atoms with E-state index < -0.39 is 0 Å². The predicted molar refractivity (Wildman–Crippen MR) is 64.5 cm³/mol. The number of benzene rings is 1. The van der Waals surface area contributed by atoms with Crippen molar-refractivity contribution < 1.29 is 4.74 Å². The van der Waals surface area contributed by atoms with Crippen LogP contribution in [0.1, 0.15) is 10.4 Å². The number of nitrogen functional groups attached to an aromatic ring is 1. The summed E-state index contributed by atoms with van der Waals surface area (Å²) in [5.74, 6) is 0.893. The van der Waals surface area contributed by atoms with Gasteiger partial charge in [0.15, 0.2) is 0 Å². The van der Waals surface area contributed by atoms with Gasteiger partial charge in [0, 0.05) is 22.4 Å². The van der Waals surface area contributed by atoms with E-state index in [0.29, 0.717) is 0 Å². The largest absolute Gasteiger partial charge is 0.497 e. The lowest BCUT2D eigenvalue weighted by Crippen LogP contribution is -1.86. The first-order chi connectivity index (χ1) is 7.28. The minimum absolute atomic E-state index is 0.850. The molecule has 0 atom stereocenters. The maximum Gasteiger partial charge on any atom is 0.118 e. The number of hydrogen-bond acceptors (Lipinski definition) is 3. The van der Waals surface area contributed by atoms with Gasteiger partial charge < -0.3 is 10.5 Å². The van der Waals surface area contributed by atoms with Crippen molar-refractivity contribution in [1.82, 2.24) is 0 Å². The van der Waals surface area contributed by atoms with Gasteiger partial charge in [-0.1, -0.05) is 12.1 Å². The van der Waals surface area contributed by atoms with Crippen LogP contribution in [-0.4, -0.2) is 7.11 Å². The SMILES string of the molecule is COc1ccc(Cc2cc(N)cs2)cc1. The second-order valence-corrected chi connectivity index (χ2v) is 4.37. The van der Waals surface area contributed by atoms with Gasteiger partial charge in [-0.3, -0.25) is 0 Å². The molecule has 0 aliphatic heterocycles. The maximum atomic E-state index is 5.67. The van der Waals surface area contributed by atoms with Crippen molar-refractivity contribution in [1.29, 1.82) is 0 Å². The van der Waals surface area contributed by atoms with Crippen molar-refractivity contribution in [2.45, 2.75) is 6.42 Å². The van der Waals surface area contributed by atoms with Crippen LogP contribution in [0, 0.1) is 0 Å². The molecule has 2 N–H and O–H groups in total. The van der Waals surface area contributed by atoms with Gasteiger partial charge in [-0.15, -0.1) is 11.3 Å². The van der Waals surface area contributed by atoms with E-state index in [0.717, 1.165) is 17.9 Å². The fraction of sp³-hybridized carbons (Fsp3) is 0.167. The second kappa shape index (κ2) is 4.36. The summed E-state index contributed by atoms with van der Waals surface area (Å²) in [5, 5.41) is 1.97. The monoisotopic (exact) mass is 219 g/mol. The van der Waals surface area contributed by atoms with Crippen LogP contribution < -0.4 is 10.5 Å². The first-order valence-electron chi connectivity index (χ1n) is 4.74. The van der Waals surface area contributed by atoms with Gasteiger partial charge in [0.05, 0.1) is 7.11 Å². The normalized spacial score (nSPS) is 10.2. The standard InChI is InChI=1S/C12H13NOS/c1-14-11-4-2-9(3-5-11)6-12-7-10(13)8-15-12/h2-5,7-8H,6,13H2,1H3. The van der Waals surface area contributed by atoms with Gasteiger partial charge in [-0.05, 0) is 23.8 Å². The van der Waals surface area contributed by atoms with Gasteiger partial charge in [-0.2, -0.15) is 0 Å². The molecular formula is C12H13NOS. The number of ether oxygens (including phenoxy) is 1. The van der Waals surface area contributed by atoms with Crippen molar-refractivity contribution in [2.75, 3.05) is 12.8 Å². The van der Waals surface area contributed by atoms with Crippen LogP contribution in [0.15, 0.2) is 35.7 Å². The molecule has 2 nitrogen and oxygen atoms in total. The topological polar surface area (TPSA) is 35.2 Å². The summed E-state index contributed by atoms with van der Waals surface area (Å²) in [6.07, 6.45) is 0.936. The third kappa shape index (κ3) is 2.50. The van der Waals surface area contributed by atoms with Gasteiger partial charge in [-0.25, -0.2) is 0 Å². The summed E-state index contributed by atoms with van der Waals surface area (Å²) in [4.78, 5) is 1.29. The summed E-state index contributed by atoms with van der Waals surface area (Å²) in [6, 6.07) is 10.1.